The fraction of sp³-hybridized carbons (Fsp3) is 0.412. The van der Waals surface area contributed by atoms with Gasteiger partial charge in [-0.2, -0.15) is 0 Å². The van der Waals surface area contributed by atoms with E-state index in [4.69, 9.17) is 9.84 Å². The molecule has 1 aromatic rings. The maximum absolute atomic E-state index is 12.0. The summed E-state index contributed by atoms with van der Waals surface area (Å²) in [6.07, 6.45) is 2.32. The first-order valence-electron chi connectivity index (χ1n) is 7.27. The molecule has 0 atom stereocenters. The lowest BCUT2D eigenvalue weighted by molar-refractivity contribution is 0.0270. The maximum Gasteiger partial charge on any atom is 0.410 e. The highest BCUT2D eigenvalue weighted by molar-refractivity contribution is 5.89. The van der Waals surface area contributed by atoms with Crippen molar-refractivity contribution in [2.75, 3.05) is 13.1 Å². The second kappa shape index (κ2) is 6.22. The summed E-state index contributed by atoms with van der Waals surface area (Å²) < 4.78 is 5.35. The van der Waals surface area contributed by atoms with Crippen LogP contribution in [-0.4, -0.2) is 40.8 Å². The second-order valence-corrected chi connectivity index (χ2v) is 6.29. The molecule has 1 N–H and O–H groups in total. The average Bonchev–Trinajstić information content (AvgIpc) is 2.46. The first kappa shape index (κ1) is 16.1. The molecule has 0 aromatic heterocycles. The van der Waals surface area contributed by atoms with Gasteiger partial charge in [0.05, 0.1) is 5.56 Å². The van der Waals surface area contributed by atoms with Crippen molar-refractivity contribution in [3.8, 4) is 0 Å². The fourth-order valence-corrected chi connectivity index (χ4v) is 2.28. The van der Waals surface area contributed by atoms with Gasteiger partial charge in [0.25, 0.3) is 0 Å². The molecule has 22 heavy (non-hydrogen) atoms. The Labute approximate surface area is 130 Å². The van der Waals surface area contributed by atoms with Gasteiger partial charge < -0.3 is 14.7 Å². The van der Waals surface area contributed by atoms with E-state index in [9.17, 15) is 9.59 Å². The zero-order valence-electron chi connectivity index (χ0n) is 13.1. The van der Waals surface area contributed by atoms with Crippen LogP contribution < -0.4 is 0 Å². The Bertz CT molecular complexity index is 613. The molecule has 5 heteroatoms. The monoisotopic (exact) mass is 303 g/mol. The molecule has 1 aliphatic rings. The smallest absolute Gasteiger partial charge is 0.410 e. The van der Waals surface area contributed by atoms with Crippen molar-refractivity contribution in [1.29, 1.82) is 0 Å². The normalized spacial score (nSPS) is 15.2. The van der Waals surface area contributed by atoms with Gasteiger partial charge in [-0.1, -0.05) is 18.2 Å². The molecule has 0 unspecified atom stereocenters. The summed E-state index contributed by atoms with van der Waals surface area (Å²) in [6.45, 7) is 6.56. The molecule has 0 spiro atoms. The molecule has 1 aromatic carbocycles. The molecule has 0 aliphatic carbocycles. The molecule has 0 saturated heterocycles. The number of hydrogen-bond donors (Lipinski definition) is 1. The van der Waals surface area contributed by atoms with Gasteiger partial charge in [0.15, 0.2) is 0 Å². The third-order valence-electron chi connectivity index (χ3n) is 3.34. The molecular formula is C17H21NO4. The molecule has 0 radical (unpaired) electrons. The van der Waals surface area contributed by atoms with Crippen LogP contribution in [0.4, 0.5) is 4.79 Å². The van der Waals surface area contributed by atoms with E-state index >= 15 is 0 Å². The van der Waals surface area contributed by atoms with Crippen LogP contribution in [0.1, 0.15) is 43.1 Å². The van der Waals surface area contributed by atoms with E-state index in [0.29, 0.717) is 19.5 Å². The van der Waals surface area contributed by atoms with Crippen LogP contribution in [-0.2, 0) is 4.74 Å². The highest BCUT2D eigenvalue weighted by Crippen LogP contribution is 2.24. The number of nitrogens with zero attached hydrogens (tertiary/aromatic N) is 1. The van der Waals surface area contributed by atoms with Crippen molar-refractivity contribution in [2.24, 2.45) is 0 Å². The van der Waals surface area contributed by atoms with E-state index in [1.54, 1.807) is 23.1 Å². The van der Waals surface area contributed by atoms with E-state index in [1.165, 1.54) is 0 Å². The minimum Gasteiger partial charge on any atom is -0.478 e. The number of carbonyl (C=O) groups is 2. The SMILES string of the molecule is CC(C)(C)OC(=O)N1CC=C(c2cccc(C(=O)O)c2)CC1. The molecular weight excluding hydrogens is 282 g/mol. The molecule has 0 saturated carbocycles. The summed E-state index contributed by atoms with van der Waals surface area (Å²) in [5, 5.41) is 9.04. The molecule has 5 nitrogen and oxygen atoms in total. The Hall–Kier alpha value is -2.30. The minimum atomic E-state index is -0.936. The van der Waals surface area contributed by atoms with E-state index in [0.717, 1.165) is 11.1 Å². The Balaban J connectivity index is 2.07. The number of carbonyl (C=O) groups excluding carboxylic acids is 1. The predicted molar refractivity (Wildman–Crippen MR) is 83.8 cm³/mol. The number of rotatable bonds is 2. The fourth-order valence-electron chi connectivity index (χ4n) is 2.28. The molecule has 1 heterocycles. The van der Waals surface area contributed by atoms with E-state index in [2.05, 4.69) is 0 Å². The summed E-state index contributed by atoms with van der Waals surface area (Å²) in [5.74, 6) is -0.936. The molecule has 1 amide bonds. The van der Waals surface area contributed by atoms with Crippen molar-refractivity contribution in [3.05, 3.63) is 41.5 Å². The zero-order valence-corrected chi connectivity index (χ0v) is 13.1. The highest BCUT2D eigenvalue weighted by atomic mass is 16.6. The Kier molecular flexibility index (Phi) is 4.54. The van der Waals surface area contributed by atoms with Gasteiger partial charge in [-0.15, -0.1) is 0 Å². The van der Waals surface area contributed by atoms with Crippen molar-refractivity contribution in [1.82, 2.24) is 4.90 Å². The molecule has 0 bridgehead atoms. The summed E-state index contributed by atoms with van der Waals surface area (Å²) in [7, 11) is 0. The number of hydrogen-bond acceptors (Lipinski definition) is 3. The van der Waals surface area contributed by atoms with Gasteiger partial charge in [-0.25, -0.2) is 9.59 Å². The maximum atomic E-state index is 12.0. The quantitative estimate of drug-likeness (QED) is 0.909. The summed E-state index contributed by atoms with van der Waals surface area (Å²) in [5.41, 5.74) is 1.72. The van der Waals surface area contributed by atoms with Gasteiger partial charge in [0.2, 0.25) is 0 Å². The van der Waals surface area contributed by atoms with Crippen LogP contribution in [0, 0.1) is 0 Å². The molecule has 2 rings (SSSR count). The van der Waals surface area contributed by atoms with Crippen molar-refractivity contribution in [3.63, 3.8) is 0 Å². The number of aromatic carboxylic acids is 1. The summed E-state index contributed by atoms with van der Waals surface area (Å²) in [4.78, 5) is 24.7. The number of benzene rings is 1. The van der Waals surface area contributed by atoms with E-state index < -0.39 is 11.6 Å². The Morgan fingerprint density at radius 1 is 1.27 bits per heavy atom. The second-order valence-electron chi connectivity index (χ2n) is 6.29. The van der Waals surface area contributed by atoms with Crippen LogP contribution in [0.3, 0.4) is 0 Å². The third kappa shape index (κ3) is 4.10. The van der Waals surface area contributed by atoms with E-state index in [1.807, 2.05) is 32.9 Å². The number of amides is 1. The highest BCUT2D eigenvalue weighted by Gasteiger charge is 2.23. The van der Waals surface area contributed by atoms with Crippen molar-refractivity contribution < 1.29 is 19.4 Å². The van der Waals surface area contributed by atoms with Crippen LogP contribution >= 0.6 is 0 Å². The number of carboxylic acids is 1. The largest absolute Gasteiger partial charge is 0.478 e. The van der Waals surface area contributed by atoms with Gasteiger partial charge in [-0.3, -0.25) is 0 Å². The van der Waals surface area contributed by atoms with Crippen LogP contribution in [0.5, 0.6) is 0 Å². The Morgan fingerprint density at radius 2 is 2.00 bits per heavy atom. The van der Waals surface area contributed by atoms with Crippen LogP contribution in [0.15, 0.2) is 30.3 Å². The summed E-state index contributed by atoms with van der Waals surface area (Å²) in [6, 6.07) is 6.86. The lowest BCUT2D eigenvalue weighted by atomic mass is 9.98. The molecule has 1 aliphatic heterocycles. The lowest BCUT2D eigenvalue weighted by Crippen LogP contribution is -2.39. The standard InChI is InChI=1S/C17H21NO4/c1-17(2,3)22-16(21)18-9-7-12(8-10-18)13-5-4-6-14(11-13)15(19)20/h4-7,11H,8-10H2,1-3H3,(H,19,20). The molecule has 0 fully saturated rings. The molecule has 118 valence electrons. The van der Waals surface area contributed by atoms with Crippen molar-refractivity contribution >= 4 is 17.6 Å². The zero-order chi connectivity index (χ0) is 16.3. The lowest BCUT2D eigenvalue weighted by Gasteiger charge is -2.29. The number of ether oxygens (including phenoxy) is 1. The van der Waals surface area contributed by atoms with Crippen LogP contribution in [0.25, 0.3) is 5.57 Å². The van der Waals surface area contributed by atoms with Crippen LogP contribution in [0.2, 0.25) is 0 Å². The van der Waals surface area contributed by atoms with Gasteiger partial charge in [-0.05, 0) is 50.5 Å². The van der Waals surface area contributed by atoms with Crippen molar-refractivity contribution in [2.45, 2.75) is 32.8 Å². The topological polar surface area (TPSA) is 66.8 Å². The van der Waals surface area contributed by atoms with Gasteiger partial charge in [0, 0.05) is 13.1 Å². The van der Waals surface area contributed by atoms with Gasteiger partial charge >= 0.3 is 12.1 Å². The van der Waals surface area contributed by atoms with E-state index in [-0.39, 0.29) is 11.7 Å². The first-order valence-corrected chi connectivity index (χ1v) is 7.27. The average molecular weight is 303 g/mol. The number of carboxylic acid groups (broad SMARTS) is 1. The third-order valence-corrected chi connectivity index (χ3v) is 3.34. The minimum absolute atomic E-state index is 0.271. The first-order chi connectivity index (χ1) is 10.3. The predicted octanol–water partition coefficient (Wildman–Crippen LogP) is 3.41. The Morgan fingerprint density at radius 3 is 2.55 bits per heavy atom. The summed E-state index contributed by atoms with van der Waals surface area (Å²) >= 11 is 0. The van der Waals surface area contributed by atoms with Gasteiger partial charge in [0.1, 0.15) is 5.60 Å².